The first-order valence-corrected chi connectivity index (χ1v) is 5.13. The number of morpholine rings is 1. The third-order valence-corrected chi connectivity index (χ3v) is 2.75. The molecule has 1 fully saturated rings. The molecule has 1 aliphatic heterocycles. The van der Waals surface area contributed by atoms with Crippen LogP contribution in [0.2, 0.25) is 0 Å². The highest BCUT2D eigenvalue weighted by Crippen LogP contribution is 2.07. The lowest BCUT2D eigenvalue weighted by Crippen LogP contribution is -2.44. The monoisotopic (exact) mass is 202 g/mol. The maximum atomic E-state index is 5.56. The van der Waals surface area contributed by atoms with Crippen molar-refractivity contribution in [2.45, 2.75) is 20.0 Å². The molecule has 3 nitrogen and oxygen atoms in total. The van der Waals surface area contributed by atoms with Gasteiger partial charge in [-0.2, -0.15) is 0 Å². The summed E-state index contributed by atoms with van der Waals surface area (Å²) in [4.78, 5) is 2.97. The van der Waals surface area contributed by atoms with E-state index in [0.29, 0.717) is 17.0 Å². The average Bonchev–Trinajstić information content (AvgIpc) is 2.04. The van der Waals surface area contributed by atoms with Gasteiger partial charge < -0.3 is 10.5 Å². The molecule has 0 amide bonds. The number of hydrogen-bond acceptors (Lipinski definition) is 3. The topological polar surface area (TPSA) is 38.5 Å². The quantitative estimate of drug-likeness (QED) is 0.681. The summed E-state index contributed by atoms with van der Waals surface area (Å²) in [6, 6.07) is 0. The van der Waals surface area contributed by atoms with Gasteiger partial charge >= 0.3 is 0 Å². The minimum absolute atomic E-state index is 0.306. The van der Waals surface area contributed by atoms with E-state index in [4.69, 9.17) is 22.7 Å². The van der Waals surface area contributed by atoms with Crippen LogP contribution in [0.5, 0.6) is 0 Å². The van der Waals surface area contributed by atoms with Gasteiger partial charge in [-0.05, 0) is 6.92 Å². The Labute approximate surface area is 85.2 Å². The molecule has 1 heterocycles. The van der Waals surface area contributed by atoms with E-state index in [2.05, 4.69) is 18.7 Å². The van der Waals surface area contributed by atoms with E-state index in [1.54, 1.807) is 0 Å². The van der Waals surface area contributed by atoms with Gasteiger partial charge in [0.25, 0.3) is 0 Å². The first-order chi connectivity index (χ1) is 6.09. The number of rotatable bonds is 3. The van der Waals surface area contributed by atoms with Crippen LogP contribution in [-0.4, -0.2) is 42.2 Å². The summed E-state index contributed by atoms with van der Waals surface area (Å²) in [6.07, 6.45) is 0.340. The fourth-order valence-electron chi connectivity index (χ4n) is 1.53. The predicted octanol–water partition coefficient (Wildman–Crippen LogP) is 0.629. The fourth-order valence-corrected chi connectivity index (χ4v) is 1.61. The highest BCUT2D eigenvalue weighted by atomic mass is 32.1. The van der Waals surface area contributed by atoms with Gasteiger partial charge in [0, 0.05) is 25.6 Å². The van der Waals surface area contributed by atoms with Gasteiger partial charge in [0.1, 0.15) is 0 Å². The van der Waals surface area contributed by atoms with Gasteiger partial charge in [-0.1, -0.05) is 19.1 Å². The van der Waals surface area contributed by atoms with Crippen molar-refractivity contribution in [3.63, 3.8) is 0 Å². The van der Waals surface area contributed by atoms with Gasteiger partial charge in [-0.15, -0.1) is 0 Å². The van der Waals surface area contributed by atoms with Crippen molar-refractivity contribution >= 4 is 17.2 Å². The second-order valence-electron chi connectivity index (χ2n) is 3.74. The van der Waals surface area contributed by atoms with Gasteiger partial charge in [0.2, 0.25) is 0 Å². The van der Waals surface area contributed by atoms with Gasteiger partial charge in [0.15, 0.2) is 0 Å². The Bertz CT molecular complexity index is 186. The van der Waals surface area contributed by atoms with Crippen molar-refractivity contribution in [2.75, 3.05) is 26.2 Å². The molecule has 0 aromatic rings. The molecule has 76 valence electrons. The van der Waals surface area contributed by atoms with Gasteiger partial charge in [0.05, 0.1) is 17.7 Å². The number of nitrogens with zero attached hydrogens (tertiary/aromatic N) is 1. The van der Waals surface area contributed by atoms with Crippen molar-refractivity contribution < 1.29 is 4.74 Å². The molecule has 1 saturated heterocycles. The summed E-state index contributed by atoms with van der Waals surface area (Å²) < 4.78 is 5.44. The standard InChI is InChI=1S/C9H18N2OS/c1-7(9(10)13)5-11-3-4-12-8(2)6-11/h7-8H,3-6H2,1-2H3,(H2,10,13). The van der Waals surface area contributed by atoms with E-state index in [-0.39, 0.29) is 0 Å². The molecule has 0 radical (unpaired) electrons. The van der Waals surface area contributed by atoms with Crippen LogP contribution in [0.15, 0.2) is 0 Å². The molecule has 1 rings (SSSR count). The molecule has 1 aliphatic rings. The Hall–Kier alpha value is -0.190. The van der Waals surface area contributed by atoms with Crippen LogP contribution >= 0.6 is 12.2 Å². The van der Waals surface area contributed by atoms with Crippen LogP contribution in [0.3, 0.4) is 0 Å². The van der Waals surface area contributed by atoms with Crippen molar-refractivity contribution in [1.29, 1.82) is 0 Å². The predicted molar refractivity (Wildman–Crippen MR) is 57.8 cm³/mol. The van der Waals surface area contributed by atoms with Crippen LogP contribution in [0, 0.1) is 5.92 Å². The highest BCUT2D eigenvalue weighted by molar-refractivity contribution is 7.80. The summed E-state index contributed by atoms with van der Waals surface area (Å²) in [5.74, 6) is 0.306. The number of hydrogen-bond donors (Lipinski definition) is 1. The second-order valence-corrected chi connectivity index (χ2v) is 4.22. The van der Waals surface area contributed by atoms with Crippen LogP contribution in [0.25, 0.3) is 0 Å². The largest absolute Gasteiger partial charge is 0.393 e. The third-order valence-electron chi connectivity index (χ3n) is 2.34. The maximum Gasteiger partial charge on any atom is 0.0768 e. The smallest absolute Gasteiger partial charge is 0.0768 e. The lowest BCUT2D eigenvalue weighted by Gasteiger charge is -2.32. The molecule has 0 bridgehead atoms. The molecule has 13 heavy (non-hydrogen) atoms. The van der Waals surface area contributed by atoms with E-state index in [1.807, 2.05) is 0 Å². The second kappa shape index (κ2) is 4.88. The SMILES string of the molecule is CC1CN(CC(C)C(N)=S)CCO1. The number of ether oxygens (including phenoxy) is 1. The van der Waals surface area contributed by atoms with Crippen LogP contribution in [0.1, 0.15) is 13.8 Å². The Balaban J connectivity index is 2.31. The molecule has 0 saturated carbocycles. The van der Waals surface area contributed by atoms with E-state index in [1.165, 1.54) is 0 Å². The van der Waals surface area contributed by atoms with Crippen LogP contribution < -0.4 is 5.73 Å². The molecule has 0 aliphatic carbocycles. The Morgan fingerprint density at radius 3 is 3.00 bits per heavy atom. The highest BCUT2D eigenvalue weighted by Gasteiger charge is 2.18. The van der Waals surface area contributed by atoms with Crippen LogP contribution in [0.4, 0.5) is 0 Å². The normalized spacial score (nSPS) is 27.1. The van der Waals surface area contributed by atoms with Gasteiger partial charge in [-0.25, -0.2) is 0 Å². The lowest BCUT2D eigenvalue weighted by molar-refractivity contribution is -0.0200. The summed E-state index contributed by atoms with van der Waals surface area (Å²) in [7, 11) is 0. The Morgan fingerprint density at radius 2 is 2.46 bits per heavy atom. The fraction of sp³-hybridized carbons (Fsp3) is 0.889. The molecular formula is C9H18N2OS. The van der Waals surface area contributed by atoms with Crippen molar-refractivity contribution in [3.05, 3.63) is 0 Å². The number of thiocarbonyl (C=S) groups is 1. The lowest BCUT2D eigenvalue weighted by atomic mass is 10.1. The molecule has 2 unspecified atom stereocenters. The zero-order valence-corrected chi connectivity index (χ0v) is 9.14. The number of nitrogens with two attached hydrogens (primary N) is 1. The summed E-state index contributed by atoms with van der Waals surface area (Å²) in [5.41, 5.74) is 5.56. The zero-order chi connectivity index (χ0) is 9.84. The zero-order valence-electron chi connectivity index (χ0n) is 8.32. The summed E-state index contributed by atoms with van der Waals surface area (Å²) in [6.45, 7) is 7.94. The van der Waals surface area contributed by atoms with Gasteiger partial charge in [-0.3, -0.25) is 4.90 Å². The van der Waals surface area contributed by atoms with E-state index in [9.17, 15) is 0 Å². The first-order valence-electron chi connectivity index (χ1n) is 4.73. The molecule has 2 N–H and O–H groups in total. The third kappa shape index (κ3) is 3.58. The van der Waals surface area contributed by atoms with Crippen molar-refractivity contribution in [3.8, 4) is 0 Å². The average molecular weight is 202 g/mol. The minimum Gasteiger partial charge on any atom is -0.393 e. The Morgan fingerprint density at radius 1 is 1.77 bits per heavy atom. The van der Waals surface area contributed by atoms with E-state index < -0.39 is 0 Å². The molecule has 0 aromatic heterocycles. The molecular weight excluding hydrogens is 184 g/mol. The minimum atomic E-state index is 0.306. The molecule has 4 heteroatoms. The molecule has 0 aromatic carbocycles. The Kier molecular flexibility index (Phi) is 4.09. The molecule has 0 spiro atoms. The molecule has 2 atom stereocenters. The maximum absolute atomic E-state index is 5.56. The summed E-state index contributed by atoms with van der Waals surface area (Å²) in [5, 5.41) is 0. The van der Waals surface area contributed by atoms with E-state index >= 15 is 0 Å². The van der Waals surface area contributed by atoms with Crippen molar-refractivity contribution in [1.82, 2.24) is 4.90 Å². The van der Waals surface area contributed by atoms with Crippen molar-refractivity contribution in [2.24, 2.45) is 11.7 Å². The first kappa shape index (κ1) is 10.9. The summed E-state index contributed by atoms with van der Waals surface area (Å²) >= 11 is 4.94. The van der Waals surface area contributed by atoms with Crippen LogP contribution in [-0.2, 0) is 4.74 Å². The van der Waals surface area contributed by atoms with E-state index in [0.717, 1.165) is 26.2 Å².